The van der Waals surface area contributed by atoms with Crippen molar-refractivity contribution in [3.63, 3.8) is 0 Å². The van der Waals surface area contributed by atoms with Gasteiger partial charge in [0.05, 0.1) is 10.7 Å². The van der Waals surface area contributed by atoms with Gasteiger partial charge in [0, 0.05) is 22.2 Å². The first-order chi connectivity index (χ1) is 11.0. The van der Waals surface area contributed by atoms with E-state index >= 15 is 0 Å². The lowest BCUT2D eigenvalue weighted by atomic mass is 10.0. The van der Waals surface area contributed by atoms with Gasteiger partial charge in [0.15, 0.2) is 0 Å². The minimum Gasteiger partial charge on any atom is -0.322 e. The predicted octanol–water partition coefficient (Wildman–Crippen LogP) is 4.99. The summed E-state index contributed by atoms with van der Waals surface area (Å²) in [4.78, 5) is 17.0. The third-order valence-corrected chi connectivity index (χ3v) is 4.44. The number of carbonyl (C=O) groups excluding carboxylic acids is 1. The maximum absolute atomic E-state index is 12.5. The number of nitrogens with zero attached hydrogens (tertiary/aromatic N) is 1. The van der Waals surface area contributed by atoms with E-state index in [9.17, 15) is 4.79 Å². The molecule has 0 spiro atoms. The lowest BCUT2D eigenvalue weighted by Gasteiger charge is -2.09. The Bertz CT molecular complexity index is 867. The van der Waals surface area contributed by atoms with Crippen LogP contribution >= 0.6 is 11.3 Å². The van der Waals surface area contributed by atoms with Crippen molar-refractivity contribution in [2.45, 2.75) is 20.8 Å². The highest BCUT2D eigenvalue weighted by Crippen LogP contribution is 2.24. The van der Waals surface area contributed by atoms with E-state index in [1.807, 2.05) is 68.6 Å². The third-order valence-electron chi connectivity index (χ3n) is 3.66. The number of benzene rings is 2. The highest BCUT2D eigenvalue weighted by Gasteiger charge is 2.10. The summed E-state index contributed by atoms with van der Waals surface area (Å²) in [5.74, 6) is -0.0888. The van der Waals surface area contributed by atoms with Gasteiger partial charge in [-0.2, -0.15) is 0 Å². The topological polar surface area (TPSA) is 42.0 Å². The Hall–Kier alpha value is -2.46. The zero-order valence-corrected chi connectivity index (χ0v) is 14.2. The number of nitrogens with one attached hydrogen (secondary N) is 1. The summed E-state index contributed by atoms with van der Waals surface area (Å²) in [7, 11) is 0. The highest BCUT2D eigenvalue weighted by molar-refractivity contribution is 7.09. The van der Waals surface area contributed by atoms with Gasteiger partial charge in [-0.05, 0) is 44.5 Å². The molecule has 1 aromatic heterocycles. The molecule has 4 heteroatoms. The van der Waals surface area contributed by atoms with Crippen molar-refractivity contribution >= 4 is 22.9 Å². The maximum atomic E-state index is 12.5. The smallest absolute Gasteiger partial charge is 0.255 e. The molecule has 0 fully saturated rings. The second-order valence-corrected chi connectivity index (χ2v) is 6.67. The van der Waals surface area contributed by atoms with Crippen LogP contribution in [-0.2, 0) is 0 Å². The number of anilines is 1. The molecule has 3 nitrogen and oxygen atoms in total. The van der Waals surface area contributed by atoms with Crippen LogP contribution in [0.5, 0.6) is 0 Å². The monoisotopic (exact) mass is 322 g/mol. The molecule has 0 aliphatic carbocycles. The van der Waals surface area contributed by atoms with E-state index in [-0.39, 0.29) is 5.91 Å². The van der Waals surface area contributed by atoms with Crippen LogP contribution in [0.25, 0.3) is 11.3 Å². The fourth-order valence-electron chi connectivity index (χ4n) is 2.52. The number of aryl methyl sites for hydroxylation is 3. The van der Waals surface area contributed by atoms with E-state index in [0.29, 0.717) is 5.56 Å². The van der Waals surface area contributed by atoms with E-state index in [0.717, 1.165) is 33.1 Å². The molecule has 0 unspecified atom stereocenters. The molecule has 2 aromatic carbocycles. The number of aromatic nitrogens is 1. The average molecular weight is 322 g/mol. The van der Waals surface area contributed by atoms with E-state index in [2.05, 4.69) is 10.3 Å². The normalized spacial score (nSPS) is 10.6. The molecule has 0 bridgehead atoms. The van der Waals surface area contributed by atoms with Gasteiger partial charge < -0.3 is 5.32 Å². The fourth-order valence-corrected chi connectivity index (χ4v) is 3.14. The van der Waals surface area contributed by atoms with Gasteiger partial charge in [-0.25, -0.2) is 4.98 Å². The van der Waals surface area contributed by atoms with E-state index in [1.54, 1.807) is 11.3 Å². The number of amides is 1. The highest BCUT2D eigenvalue weighted by atomic mass is 32.1. The zero-order valence-electron chi connectivity index (χ0n) is 13.4. The number of carbonyl (C=O) groups is 1. The van der Waals surface area contributed by atoms with E-state index in [4.69, 9.17) is 0 Å². The predicted molar refractivity (Wildman–Crippen MR) is 96.2 cm³/mol. The van der Waals surface area contributed by atoms with Gasteiger partial charge in [0.2, 0.25) is 0 Å². The number of hydrogen-bond donors (Lipinski definition) is 1. The van der Waals surface area contributed by atoms with Crippen molar-refractivity contribution in [2.75, 3.05) is 5.32 Å². The molecule has 3 rings (SSSR count). The van der Waals surface area contributed by atoms with Gasteiger partial charge in [-0.1, -0.05) is 29.8 Å². The first-order valence-electron chi connectivity index (χ1n) is 7.44. The number of rotatable bonds is 3. The number of thiazole rings is 1. The van der Waals surface area contributed by atoms with Crippen molar-refractivity contribution in [2.24, 2.45) is 0 Å². The van der Waals surface area contributed by atoms with Crippen LogP contribution in [0.1, 0.15) is 26.5 Å². The van der Waals surface area contributed by atoms with Crippen LogP contribution in [0.2, 0.25) is 0 Å². The van der Waals surface area contributed by atoms with Gasteiger partial charge in [0.1, 0.15) is 0 Å². The van der Waals surface area contributed by atoms with Crippen molar-refractivity contribution in [3.8, 4) is 11.3 Å². The molecule has 1 amide bonds. The van der Waals surface area contributed by atoms with Crippen molar-refractivity contribution in [1.82, 2.24) is 4.98 Å². The Morgan fingerprint density at radius 3 is 2.61 bits per heavy atom. The van der Waals surface area contributed by atoms with Gasteiger partial charge in [-0.3, -0.25) is 4.79 Å². The molecule has 0 saturated carbocycles. The van der Waals surface area contributed by atoms with Crippen molar-refractivity contribution in [1.29, 1.82) is 0 Å². The summed E-state index contributed by atoms with van der Waals surface area (Å²) >= 11 is 1.62. The Kier molecular flexibility index (Phi) is 4.26. The maximum Gasteiger partial charge on any atom is 0.255 e. The van der Waals surface area contributed by atoms with Crippen LogP contribution in [0.3, 0.4) is 0 Å². The lowest BCUT2D eigenvalue weighted by Crippen LogP contribution is -2.13. The van der Waals surface area contributed by atoms with Gasteiger partial charge >= 0.3 is 0 Å². The molecule has 0 atom stereocenters. The second-order valence-electron chi connectivity index (χ2n) is 5.61. The van der Waals surface area contributed by atoms with Gasteiger partial charge in [-0.15, -0.1) is 11.3 Å². The summed E-state index contributed by atoms with van der Waals surface area (Å²) < 4.78 is 0. The molecular formula is C19H18N2OS. The first kappa shape index (κ1) is 15.4. The lowest BCUT2D eigenvalue weighted by molar-refractivity contribution is 0.102. The standard InChI is InChI=1S/C19H18N2OS/c1-12-7-8-17(13(2)9-12)19(22)21-16-6-4-5-15(10-16)18-11-23-14(3)20-18/h4-11H,1-3H3,(H,21,22). The molecule has 0 saturated heterocycles. The van der Waals surface area contributed by atoms with Crippen LogP contribution in [0, 0.1) is 20.8 Å². The summed E-state index contributed by atoms with van der Waals surface area (Å²) in [5.41, 5.74) is 5.56. The third kappa shape index (κ3) is 3.48. The van der Waals surface area contributed by atoms with E-state index in [1.165, 1.54) is 0 Å². The Morgan fingerprint density at radius 2 is 1.91 bits per heavy atom. The minimum absolute atomic E-state index is 0.0888. The Morgan fingerprint density at radius 1 is 1.09 bits per heavy atom. The molecule has 23 heavy (non-hydrogen) atoms. The summed E-state index contributed by atoms with van der Waals surface area (Å²) in [5, 5.41) is 6.03. The molecule has 0 aliphatic heterocycles. The Labute approximate surface area is 140 Å². The van der Waals surface area contributed by atoms with E-state index < -0.39 is 0 Å². The summed E-state index contributed by atoms with van der Waals surface area (Å²) in [6.07, 6.45) is 0. The molecule has 1 N–H and O–H groups in total. The SMILES string of the molecule is Cc1ccc(C(=O)Nc2cccc(-c3csc(C)n3)c2)c(C)c1. The summed E-state index contributed by atoms with van der Waals surface area (Å²) in [6, 6.07) is 13.6. The average Bonchev–Trinajstić information content (AvgIpc) is 2.94. The fraction of sp³-hybridized carbons (Fsp3) is 0.158. The second kappa shape index (κ2) is 6.34. The first-order valence-corrected chi connectivity index (χ1v) is 8.32. The molecule has 0 radical (unpaired) electrons. The Balaban J connectivity index is 1.84. The summed E-state index contributed by atoms with van der Waals surface area (Å²) in [6.45, 7) is 5.96. The van der Waals surface area contributed by atoms with Crippen LogP contribution in [0.4, 0.5) is 5.69 Å². The van der Waals surface area contributed by atoms with Crippen molar-refractivity contribution in [3.05, 3.63) is 69.5 Å². The van der Waals surface area contributed by atoms with Crippen molar-refractivity contribution < 1.29 is 4.79 Å². The van der Waals surface area contributed by atoms with Crippen LogP contribution in [-0.4, -0.2) is 10.9 Å². The molecule has 1 heterocycles. The van der Waals surface area contributed by atoms with Crippen LogP contribution in [0.15, 0.2) is 47.8 Å². The largest absolute Gasteiger partial charge is 0.322 e. The quantitative estimate of drug-likeness (QED) is 0.738. The van der Waals surface area contributed by atoms with Gasteiger partial charge in [0.25, 0.3) is 5.91 Å². The number of hydrogen-bond acceptors (Lipinski definition) is 3. The van der Waals surface area contributed by atoms with Crippen LogP contribution < -0.4 is 5.32 Å². The molecule has 3 aromatic rings. The zero-order chi connectivity index (χ0) is 16.4. The molecular weight excluding hydrogens is 304 g/mol. The minimum atomic E-state index is -0.0888. The molecule has 116 valence electrons. The molecule has 0 aliphatic rings.